The van der Waals surface area contributed by atoms with Crippen LogP contribution in [0.15, 0.2) is 10.5 Å². The molecule has 98 valence electrons. The molecule has 0 unspecified atom stereocenters. The third-order valence-electron chi connectivity index (χ3n) is 3.13. The van der Waals surface area contributed by atoms with E-state index in [0.29, 0.717) is 30.0 Å². The highest BCUT2D eigenvalue weighted by atomic mass is 16.3. The first-order chi connectivity index (χ1) is 8.58. The molecule has 0 spiro atoms. The number of carbonyl (C=O) groups excluding carboxylic acids is 2. The lowest BCUT2D eigenvalue weighted by atomic mass is 10.1. The minimum Gasteiger partial charge on any atom is -0.466 e. The van der Waals surface area contributed by atoms with Crippen molar-refractivity contribution in [3.05, 3.63) is 23.2 Å². The predicted octanol–water partition coefficient (Wildman–Crippen LogP) is 1.29. The molecule has 2 N–H and O–H groups in total. The summed E-state index contributed by atoms with van der Waals surface area (Å²) < 4.78 is 5.31. The average Bonchev–Trinajstić information content (AvgIpc) is 2.52. The Hall–Kier alpha value is -1.78. The van der Waals surface area contributed by atoms with Crippen molar-refractivity contribution in [2.75, 3.05) is 6.54 Å². The fraction of sp³-hybridized carbons (Fsp3) is 0.538. The predicted molar refractivity (Wildman–Crippen MR) is 66.3 cm³/mol. The summed E-state index contributed by atoms with van der Waals surface area (Å²) in [6.45, 7) is 4.23. The topological polar surface area (TPSA) is 71.3 Å². The van der Waals surface area contributed by atoms with Crippen molar-refractivity contribution in [2.24, 2.45) is 0 Å². The van der Waals surface area contributed by atoms with E-state index in [1.807, 2.05) is 0 Å². The molecule has 0 bridgehead atoms. The summed E-state index contributed by atoms with van der Waals surface area (Å²) in [5.74, 6) is 0.937. The Labute approximate surface area is 106 Å². The largest absolute Gasteiger partial charge is 0.466 e. The van der Waals surface area contributed by atoms with Crippen LogP contribution in [0.3, 0.4) is 0 Å². The van der Waals surface area contributed by atoms with Crippen LogP contribution in [0.1, 0.15) is 41.1 Å². The van der Waals surface area contributed by atoms with Gasteiger partial charge >= 0.3 is 0 Å². The quantitative estimate of drug-likeness (QED) is 0.831. The van der Waals surface area contributed by atoms with Gasteiger partial charge in [0, 0.05) is 6.54 Å². The Morgan fingerprint density at radius 1 is 1.44 bits per heavy atom. The van der Waals surface area contributed by atoms with Gasteiger partial charge in [0.25, 0.3) is 5.91 Å². The van der Waals surface area contributed by atoms with Crippen molar-refractivity contribution >= 4 is 11.8 Å². The molecular weight excluding hydrogens is 232 g/mol. The zero-order chi connectivity index (χ0) is 13.1. The lowest BCUT2D eigenvalue weighted by Gasteiger charge is -2.14. The average molecular weight is 250 g/mol. The van der Waals surface area contributed by atoms with Gasteiger partial charge in [0.1, 0.15) is 17.6 Å². The molecule has 1 aliphatic heterocycles. The molecule has 1 fully saturated rings. The molecule has 0 aromatic carbocycles. The molecule has 1 atom stereocenters. The highest BCUT2D eigenvalue weighted by Crippen LogP contribution is 2.14. The summed E-state index contributed by atoms with van der Waals surface area (Å²) in [6.07, 6.45) is 2.59. The second-order valence-corrected chi connectivity index (χ2v) is 4.64. The number of carbonyl (C=O) groups is 2. The Kier molecular flexibility index (Phi) is 3.69. The van der Waals surface area contributed by atoms with E-state index in [-0.39, 0.29) is 11.8 Å². The second kappa shape index (κ2) is 5.25. The van der Waals surface area contributed by atoms with Crippen LogP contribution in [0.2, 0.25) is 0 Å². The molecule has 2 rings (SSSR count). The van der Waals surface area contributed by atoms with Gasteiger partial charge in [-0.1, -0.05) is 0 Å². The van der Waals surface area contributed by atoms with Crippen LogP contribution in [0.25, 0.3) is 0 Å². The van der Waals surface area contributed by atoms with Gasteiger partial charge in [-0.3, -0.25) is 9.59 Å². The second-order valence-electron chi connectivity index (χ2n) is 4.64. The van der Waals surface area contributed by atoms with E-state index < -0.39 is 6.04 Å². The standard InChI is InChI=1S/C13H18N2O3/c1-8-7-10(9(2)18-8)12(16)15-11-5-3-4-6-14-13(11)17/h7,11H,3-6H2,1-2H3,(H,14,17)(H,15,16)/t11-/m1/s1. The molecule has 2 amide bonds. The number of nitrogens with one attached hydrogen (secondary N) is 2. The first-order valence-corrected chi connectivity index (χ1v) is 6.23. The SMILES string of the molecule is Cc1cc(C(=O)N[C@@H]2CCCCNC2=O)c(C)o1. The summed E-state index contributed by atoms with van der Waals surface area (Å²) in [5, 5.41) is 5.56. The fourth-order valence-corrected chi connectivity index (χ4v) is 2.17. The maximum atomic E-state index is 12.1. The maximum absolute atomic E-state index is 12.1. The highest BCUT2D eigenvalue weighted by molar-refractivity contribution is 5.98. The monoisotopic (exact) mass is 250 g/mol. The minimum absolute atomic E-state index is 0.0984. The van der Waals surface area contributed by atoms with Gasteiger partial charge in [-0.15, -0.1) is 0 Å². The van der Waals surface area contributed by atoms with Crippen molar-refractivity contribution in [1.82, 2.24) is 10.6 Å². The van der Waals surface area contributed by atoms with Crippen LogP contribution in [-0.2, 0) is 4.79 Å². The van der Waals surface area contributed by atoms with Crippen LogP contribution in [-0.4, -0.2) is 24.4 Å². The van der Waals surface area contributed by atoms with Gasteiger partial charge in [0.15, 0.2) is 0 Å². The van der Waals surface area contributed by atoms with Crippen molar-refractivity contribution < 1.29 is 14.0 Å². The Morgan fingerprint density at radius 2 is 2.22 bits per heavy atom. The summed E-state index contributed by atoms with van der Waals surface area (Å²) in [4.78, 5) is 23.8. The van der Waals surface area contributed by atoms with Crippen LogP contribution in [0.4, 0.5) is 0 Å². The molecule has 1 saturated heterocycles. The van der Waals surface area contributed by atoms with Gasteiger partial charge in [-0.25, -0.2) is 0 Å². The lowest BCUT2D eigenvalue weighted by Crippen LogP contribution is -2.45. The number of rotatable bonds is 2. The number of amides is 2. The van der Waals surface area contributed by atoms with E-state index in [9.17, 15) is 9.59 Å². The van der Waals surface area contributed by atoms with Crippen molar-refractivity contribution in [2.45, 2.75) is 39.2 Å². The van der Waals surface area contributed by atoms with E-state index in [0.717, 1.165) is 12.8 Å². The van der Waals surface area contributed by atoms with Gasteiger partial charge in [0.2, 0.25) is 5.91 Å². The Bertz CT molecular complexity index is 465. The fourth-order valence-electron chi connectivity index (χ4n) is 2.17. The van der Waals surface area contributed by atoms with Gasteiger partial charge < -0.3 is 15.1 Å². The number of hydrogen-bond donors (Lipinski definition) is 2. The summed E-state index contributed by atoms with van der Waals surface area (Å²) in [7, 11) is 0. The third kappa shape index (κ3) is 2.72. The molecular formula is C13H18N2O3. The van der Waals surface area contributed by atoms with E-state index in [1.54, 1.807) is 19.9 Å². The number of aryl methyl sites for hydroxylation is 2. The van der Waals surface area contributed by atoms with E-state index in [1.165, 1.54) is 0 Å². The first kappa shape index (κ1) is 12.7. The third-order valence-corrected chi connectivity index (χ3v) is 3.13. The molecule has 18 heavy (non-hydrogen) atoms. The molecule has 2 heterocycles. The summed E-state index contributed by atoms with van der Waals surface area (Å²) in [6, 6.07) is 1.26. The Morgan fingerprint density at radius 3 is 2.89 bits per heavy atom. The van der Waals surface area contributed by atoms with Gasteiger partial charge in [-0.2, -0.15) is 0 Å². The normalized spacial score (nSPS) is 20.1. The van der Waals surface area contributed by atoms with E-state index in [2.05, 4.69) is 10.6 Å². The molecule has 0 radical (unpaired) electrons. The first-order valence-electron chi connectivity index (χ1n) is 6.23. The van der Waals surface area contributed by atoms with Gasteiger partial charge in [-0.05, 0) is 39.2 Å². The zero-order valence-electron chi connectivity index (χ0n) is 10.7. The number of furan rings is 1. The minimum atomic E-state index is -0.436. The van der Waals surface area contributed by atoms with Crippen LogP contribution in [0, 0.1) is 13.8 Å². The van der Waals surface area contributed by atoms with E-state index >= 15 is 0 Å². The molecule has 5 nitrogen and oxygen atoms in total. The summed E-state index contributed by atoms with van der Waals surface area (Å²) >= 11 is 0. The maximum Gasteiger partial charge on any atom is 0.255 e. The lowest BCUT2D eigenvalue weighted by molar-refractivity contribution is -0.122. The molecule has 1 aromatic heterocycles. The van der Waals surface area contributed by atoms with Crippen molar-refractivity contribution in [1.29, 1.82) is 0 Å². The van der Waals surface area contributed by atoms with Crippen LogP contribution >= 0.6 is 0 Å². The molecule has 0 aliphatic carbocycles. The molecule has 1 aliphatic rings. The number of hydrogen-bond acceptors (Lipinski definition) is 3. The van der Waals surface area contributed by atoms with Crippen molar-refractivity contribution in [3.63, 3.8) is 0 Å². The zero-order valence-corrected chi connectivity index (χ0v) is 10.7. The molecule has 0 saturated carbocycles. The van der Waals surface area contributed by atoms with Crippen LogP contribution in [0.5, 0.6) is 0 Å². The summed E-state index contributed by atoms with van der Waals surface area (Å²) in [5.41, 5.74) is 0.504. The van der Waals surface area contributed by atoms with Crippen LogP contribution < -0.4 is 10.6 Å². The van der Waals surface area contributed by atoms with E-state index in [4.69, 9.17) is 4.42 Å². The Balaban J connectivity index is 2.06. The van der Waals surface area contributed by atoms with Crippen molar-refractivity contribution in [3.8, 4) is 0 Å². The molecule has 1 aromatic rings. The van der Waals surface area contributed by atoms with Gasteiger partial charge in [0.05, 0.1) is 5.56 Å². The smallest absolute Gasteiger partial charge is 0.255 e. The highest BCUT2D eigenvalue weighted by Gasteiger charge is 2.24. The molecule has 5 heteroatoms.